The summed E-state index contributed by atoms with van der Waals surface area (Å²) in [5.41, 5.74) is 8.09. The van der Waals surface area contributed by atoms with E-state index in [1.54, 1.807) is 6.33 Å². The first-order valence-corrected chi connectivity index (χ1v) is 6.10. The summed E-state index contributed by atoms with van der Waals surface area (Å²) in [6, 6.07) is 0.380. The molecule has 16 heavy (non-hydrogen) atoms. The maximum atomic E-state index is 5.55. The van der Waals surface area contributed by atoms with Crippen molar-refractivity contribution in [1.82, 2.24) is 9.97 Å². The summed E-state index contributed by atoms with van der Waals surface area (Å²) in [4.78, 5) is 8.71. The van der Waals surface area contributed by atoms with E-state index in [2.05, 4.69) is 22.2 Å². The Morgan fingerprint density at radius 2 is 2.19 bits per heavy atom. The van der Waals surface area contributed by atoms with Crippen LogP contribution in [-0.2, 0) is 12.8 Å². The summed E-state index contributed by atoms with van der Waals surface area (Å²) in [7, 11) is 0. The van der Waals surface area contributed by atoms with Crippen LogP contribution in [0.25, 0.3) is 0 Å². The van der Waals surface area contributed by atoms with E-state index >= 15 is 0 Å². The minimum atomic E-state index is 0.380. The molecule has 2 rings (SSSR count). The molecule has 0 fully saturated rings. The predicted molar refractivity (Wildman–Crippen MR) is 65.4 cm³/mol. The highest BCUT2D eigenvalue weighted by Gasteiger charge is 2.16. The van der Waals surface area contributed by atoms with Gasteiger partial charge in [-0.2, -0.15) is 0 Å². The molecule has 3 N–H and O–H groups in total. The molecule has 1 unspecified atom stereocenters. The number of anilines is 1. The van der Waals surface area contributed by atoms with Gasteiger partial charge in [-0.25, -0.2) is 9.97 Å². The first kappa shape index (κ1) is 11.3. The van der Waals surface area contributed by atoms with E-state index in [1.165, 1.54) is 24.1 Å². The van der Waals surface area contributed by atoms with E-state index in [9.17, 15) is 0 Å². The second kappa shape index (κ2) is 5.25. The van der Waals surface area contributed by atoms with Gasteiger partial charge in [0.05, 0.1) is 0 Å². The minimum Gasteiger partial charge on any atom is -0.367 e. The van der Waals surface area contributed by atoms with Gasteiger partial charge in [-0.1, -0.05) is 0 Å². The van der Waals surface area contributed by atoms with Crippen molar-refractivity contribution in [3.8, 4) is 0 Å². The molecule has 4 nitrogen and oxygen atoms in total. The second-order valence-electron chi connectivity index (χ2n) is 4.48. The molecular formula is C12H20N4. The number of nitrogens with two attached hydrogens (primary N) is 1. The Hall–Kier alpha value is -1.16. The highest BCUT2D eigenvalue weighted by Crippen LogP contribution is 2.24. The van der Waals surface area contributed by atoms with Crippen LogP contribution in [0.3, 0.4) is 0 Å². The maximum absolute atomic E-state index is 5.55. The van der Waals surface area contributed by atoms with E-state index in [0.717, 1.165) is 25.1 Å². The number of aryl methyl sites for hydroxylation is 1. The molecule has 0 spiro atoms. The number of rotatable bonds is 4. The molecule has 0 radical (unpaired) electrons. The average Bonchev–Trinajstić information content (AvgIpc) is 2.30. The monoisotopic (exact) mass is 220 g/mol. The Bertz CT molecular complexity index is 351. The third-order valence-corrected chi connectivity index (χ3v) is 3.11. The van der Waals surface area contributed by atoms with E-state index in [1.807, 2.05) is 0 Å². The summed E-state index contributed by atoms with van der Waals surface area (Å²) < 4.78 is 0. The van der Waals surface area contributed by atoms with Gasteiger partial charge in [0.25, 0.3) is 0 Å². The Kier molecular flexibility index (Phi) is 3.72. The van der Waals surface area contributed by atoms with Gasteiger partial charge in [-0.3, -0.25) is 0 Å². The molecule has 0 aromatic carbocycles. The minimum absolute atomic E-state index is 0.380. The highest BCUT2D eigenvalue weighted by atomic mass is 15.0. The largest absolute Gasteiger partial charge is 0.367 e. The molecule has 1 aromatic heterocycles. The number of hydrogen-bond donors (Lipinski definition) is 2. The van der Waals surface area contributed by atoms with Crippen LogP contribution in [0.15, 0.2) is 6.33 Å². The van der Waals surface area contributed by atoms with E-state index in [-0.39, 0.29) is 0 Å². The maximum Gasteiger partial charge on any atom is 0.133 e. The van der Waals surface area contributed by atoms with Crippen LogP contribution in [0.4, 0.5) is 5.82 Å². The molecule has 0 saturated carbocycles. The Morgan fingerprint density at radius 3 is 3.00 bits per heavy atom. The third-order valence-electron chi connectivity index (χ3n) is 3.11. The van der Waals surface area contributed by atoms with Crippen LogP contribution in [0.2, 0.25) is 0 Å². The lowest BCUT2D eigenvalue weighted by atomic mass is 9.96. The summed E-state index contributed by atoms with van der Waals surface area (Å²) in [5.74, 6) is 1.02. The molecule has 4 heteroatoms. The van der Waals surface area contributed by atoms with Crippen molar-refractivity contribution in [3.05, 3.63) is 17.6 Å². The number of hydrogen-bond acceptors (Lipinski definition) is 4. The number of nitrogens with zero attached hydrogens (tertiary/aromatic N) is 2. The van der Waals surface area contributed by atoms with Crippen molar-refractivity contribution in [2.75, 3.05) is 11.9 Å². The number of nitrogens with one attached hydrogen (secondary N) is 1. The Balaban J connectivity index is 2.14. The Labute approximate surface area is 96.7 Å². The van der Waals surface area contributed by atoms with Crippen molar-refractivity contribution in [2.24, 2.45) is 5.73 Å². The average molecular weight is 220 g/mol. The van der Waals surface area contributed by atoms with Crippen molar-refractivity contribution >= 4 is 5.82 Å². The van der Waals surface area contributed by atoms with Gasteiger partial charge >= 0.3 is 0 Å². The number of aromatic nitrogens is 2. The standard InChI is InChI=1S/C12H20N4/c1-9(6-7-13)16-12-10-4-2-3-5-11(10)14-8-15-12/h8-9H,2-7,13H2,1H3,(H,14,15,16). The highest BCUT2D eigenvalue weighted by molar-refractivity contribution is 5.47. The van der Waals surface area contributed by atoms with Gasteiger partial charge in [-0.15, -0.1) is 0 Å². The molecule has 0 amide bonds. The lowest BCUT2D eigenvalue weighted by molar-refractivity contribution is 0.656. The van der Waals surface area contributed by atoms with Crippen molar-refractivity contribution < 1.29 is 0 Å². The molecule has 0 saturated heterocycles. The van der Waals surface area contributed by atoms with Crippen LogP contribution < -0.4 is 11.1 Å². The fourth-order valence-electron chi connectivity index (χ4n) is 2.20. The van der Waals surface area contributed by atoms with Gasteiger partial charge in [0.15, 0.2) is 0 Å². The molecule has 1 atom stereocenters. The SMILES string of the molecule is CC(CCN)Nc1ncnc2c1CCCC2. The molecule has 0 bridgehead atoms. The molecule has 1 aliphatic carbocycles. The van der Waals surface area contributed by atoms with Gasteiger partial charge < -0.3 is 11.1 Å². The topological polar surface area (TPSA) is 63.8 Å². The van der Waals surface area contributed by atoms with Gasteiger partial charge in [0, 0.05) is 17.3 Å². The molecular weight excluding hydrogens is 200 g/mol. The van der Waals surface area contributed by atoms with E-state index < -0.39 is 0 Å². The van der Waals surface area contributed by atoms with Crippen LogP contribution in [-0.4, -0.2) is 22.6 Å². The van der Waals surface area contributed by atoms with Crippen LogP contribution >= 0.6 is 0 Å². The molecule has 0 aliphatic heterocycles. The van der Waals surface area contributed by atoms with Gasteiger partial charge in [-0.05, 0) is 45.6 Å². The zero-order chi connectivity index (χ0) is 11.4. The van der Waals surface area contributed by atoms with Gasteiger partial charge in [0.2, 0.25) is 0 Å². The summed E-state index contributed by atoms with van der Waals surface area (Å²) >= 11 is 0. The quantitative estimate of drug-likeness (QED) is 0.807. The smallest absolute Gasteiger partial charge is 0.133 e. The Morgan fingerprint density at radius 1 is 1.38 bits per heavy atom. The predicted octanol–water partition coefficient (Wildman–Crippen LogP) is 1.50. The van der Waals surface area contributed by atoms with Gasteiger partial charge in [0.1, 0.15) is 12.1 Å². The van der Waals surface area contributed by atoms with Crippen LogP contribution in [0.1, 0.15) is 37.4 Å². The molecule has 88 valence electrons. The van der Waals surface area contributed by atoms with Crippen LogP contribution in [0, 0.1) is 0 Å². The fourth-order valence-corrected chi connectivity index (χ4v) is 2.20. The zero-order valence-corrected chi connectivity index (χ0v) is 9.87. The zero-order valence-electron chi connectivity index (χ0n) is 9.87. The van der Waals surface area contributed by atoms with Crippen LogP contribution in [0.5, 0.6) is 0 Å². The van der Waals surface area contributed by atoms with Crippen molar-refractivity contribution in [1.29, 1.82) is 0 Å². The molecule has 1 aromatic rings. The van der Waals surface area contributed by atoms with Crippen molar-refractivity contribution in [3.63, 3.8) is 0 Å². The third kappa shape index (κ3) is 2.50. The second-order valence-corrected chi connectivity index (χ2v) is 4.48. The summed E-state index contributed by atoms with van der Waals surface area (Å²) in [6.45, 7) is 2.85. The lowest BCUT2D eigenvalue weighted by Gasteiger charge is -2.20. The summed E-state index contributed by atoms with van der Waals surface area (Å²) in [5, 5.41) is 3.44. The number of fused-ring (bicyclic) bond motifs is 1. The van der Waals surface area contributed by atoms with E-state index in [0.29, 0.717) is 12.6 Å². The van der Waals surface area contributed by atoms with Crippen molar-refractivity contribution in [2.45, 2.75) is 45.1 Å². The molecule has 1 aliphatic rings. The summed E-state index contributed by atoms with van der Waals surface area (Å²) in [6.07, 6.45) is 7.34. The van der Waals surface area contributed by atoms with E-state index in [4.69, 9.17) is 5.73 Å². The normalized spacial score (nSPS) is 16.6. The molecule has 1 heterocycles. The lowest BCUT2D eigenvalue weighted by Crippen LogP contribution is -2.22. The first-order valence-electron chi connectivity index (χ1n) is 6.10. The first-order chi connectivity index (χ1) is 7.81. The fraction of sp³-hybridized carbons (Fsp3) is 0.667.